The van der Waals surface area contributed by atoms with E-state index in [2.05, 4.69) is 27.4 Å². The van der Waals surface area contributed by atoms with Gasteiger partial charge in [0, 0.05) is 29.1 Å². The first-order valence-electron chi connectivity index (χ1n) is 9.20. The van der Waals surface area contributed by atoms with Crippen molar-refractivity contribution in [2.45, 2.75) is 6.42 Å². The summed E-state index contributed by atoms with van der Waals surface area (Å²) in [6.07, 6.45) is 0.773. The van der Waals surface area contributed by atoms with Crippen LogP contribution in [-0.2, 0) is 11.2 Å². The van der Waals surface area contributed by atoms with Crippen molar-refractivity contribution in [2.75, 3.05) is 31.1 Å². The molecule has 150 valence electrons. The van der Waals surface area contributed by atoms with Crippen molar-refractivity contribution in [1.82, 2.24) is 4.90 Å². The highest BCUT2D eigenvalue weighted by atomic mass is 79.9. The van der Waals surface area contributed by atoms with Crippen molar-refractivity contribution in [3.8, 4) is 5.75 Å². The number of fused-ring (bicyclic) bond motifs is 2. The van der Waals surface area contributed by atoms with Gasteiger partial charge in [0.1, 0.15) is 0 Å². The number of anilines is 1. The number of carbonyl (C=O) groups excluding carboxylic acids is 1. The van der Waals surface area contributed by atoms with Crippen LogP contribution >= 0.6 is 40.3 Å². The molecule has 3 aliphatic heterocycles. The first-order valence-corrected chi connectivity index (χ1v) is 10.5. The third-order valence-electron chi connectivity index (χ3n) is 5.08. The number of amidine groups is 1. The molecular weight excluding hydrogens is 474 g/mol. The summed E-state index contributed by atoms with van der Waals surface area (Å²) in [4.78, 5) is 21.1. The fourth-order valence-corrected chi connectivity index (χ4v) is 4.90. The molecule has 0 aromatic heterocycles. The highest BCUT2D eigenvalue weighted by molar-refractivity contribution is 8.93. The number of halogens is 2. The van der Waals surface area contributed by atoms with Gasteiger partial charge in [-0.1, -0.05) is 53.7 Å². The Hall–Kier alpha value is -1.96. The molecule has 2 aromatic rings. The highest BCUT2D eigenvalue weighted by Gasteiger charge is 2.33. The van der Waals surface area contributed by atoms with Crippen LogP contribution in [0, 0.1) is 0 Å². The van der Waals surface area contributed by atoms with Gasteiger partial charge in [0.15, 0.2) is 17.5 Å². The van der Waals surface area contributed by atoms with E-state index >= 15 is 0 Å². The molecule has 8 heteroatoms. The second-order valence-corrected chi connectivity index (χ2v) is 8.08. The van der Waals surface area contributed by atoms with Gasteiger partial charge in [-0.05, 0) is 24.1 Å². The number of carbonyl (C=O) groups is 1. The Balaban J connectivity index is 0.00000205. The van der Waals surface area contributed by atoms with Crippen LogP contribution in [0.15, 0.2) is 52.9 Å². The number of amides is 1. The van der Waals surface area contributed by atoms with Crippen molar-refractivity contribution >= 4 is 62.8 Å². The summed E-state index contributed by atoms with van der Waals surface area (Å²) in [5, 5.41) is 3.68. The molecule has 3 aliphatic rings. The molecule has 0 spiro atoms. The van der Waals surface area contributed by atoms with Gasteiger partial charge in [-0.2, -0.15) is 0 Å². The van der Waals surface area contributed by atoms with Crippen LogP contribution in [0.2, 0.25) is 5.02 Å². The van der Waals surface area contributed by atoms with Gasteiger partial charge in [0.05, 0.1) is 17.9 Å². The third kappa shape index (κ3) is 3.79. The number of rotatable bonds is 4. The Morgan fingerprint density at radius 3 is 2.86 bits per heavy atom. The monoisotopic (exact) mass is 491 g/mol. The van der Waals surface area contributed by atoms with Gasteiger partial charge >= 0.3 is 0 Å². The maximum absolute atomic E-state index is 12.6. The molecule has 0 radical (unpaired) electrons. The van der Waals surface area contributed by atoms with Crippen LogP contribution < -0.4 is 9.64 Å². The molecule has 0 aliphatic carbocycles. The van der Waals surface area contributed by atoms with Crippen LogP contribution in [0.25, 0.3) is 5.70 Å². The molecule has 0 unspecified atom stereocenters. The number of nitrogens with zero attached hydrogens (tertiary/aromatic N) is 3. The Bertz CT molecular complexity index is 1010. The quantitative estimate of drug-likeness (QED) is 0.626. The zero-order valence-corrected chi connectivity index (χ0v) is 18.8. The molecule has 0 atom stereocenters. The van der Waals surface area contributed by atoms with Crippen molar-refractivity contribution in [3.05, 3.63) is 64.0 Å². The van der Waals surface area contributed by atoms with Crippen LogP contribution in [-0.4, -0.2) is 42.2 Å². The van der Waals surface area contributed by atoms with Crippen LogP contribution in [0.1, 0.15) is 11.1 Å². The van der Waals surface area contributed by atoms with Gasteiger partial charge < -0.3 is 14.5 Å². The predicted molar refractivity (Wildman–Crippen MR) is 124 cm³/mol. The minimum Gasteiger partial charge on any atom is -0.481 e. The number of benzene rings is 2. The van der Waals surface area contributed by atoms with E-state index in [9.17, 15) is 4.79 Å². The molecule has 5 nitrogen and oxygen atoms in total. The second kappa shape index (κ2) is 8.42. The van der Waals surface area contributed by atoms with Crippen LogP contribution in [0.3, 0.4) is 0 Å². The molecular formula is C21H19BrClN3O2S. The smallest absolute Gasteiger partial charge is 0.265 e. The molecule has 0 bridgehead atoms. The molecule has 1 amide bonds. The lowest BCUT2D eigenvalue weighted by atomic mass is 10.1. The molecule has 0 saturated heterocycles. The van der Waals surface area contributed by atoms with Gasteiger partial charge in [0.25, 0.3) is 5.91 Å². The largest absolute Gasteiger partial charge is 0.481 e. The molecule has 0 saturated carbocycles. The van der Waals surface area contributed by atoms with E-state index in [0.717, 1.165) is 47.4 Å². The zero-order chi connectivity index (χ0) is 19.1. The number of thioether (sulfide) groups is 1. The van der Waals surface area contributed by atoms with E-state index in [0.29, 0.717) is 11.6 Å². The number of ether oxygens (including phenoxy) is 1. The van der Waals surface area contributed by atoms with Crippen molar-refractivity contribution < 1.29 is 9.53 Å². The Morgan fingerprint density at radius 1 is 1.21 bits per heavy atom. The average Bonchev–Trinajstić information content (AvgIpc) is 3.31. The average molecular weight is 493 g/mol. The van der Waals surface area contributed by atoms with Crippen molar-refractivity contribution in [2.24, 2.45) is 4.99 Å². The van der Waals surface area contributed by atoms with Gasteiger partial charge in [0.2, 0.25) is 0 Å². The summed E-state index contributed by atoms with van der Waals surface area (Å²) in [6.45, 7) is 2.28. The Labute approximate surface area is 189 Å². The summed E-state index contributed by atoms with van der Waals surface area (Å²) in [5.74, 6) is 0.673. The fraction of sp³-hybridized carbons (Fsp3) is 0.238. The molecule has 3 heterocycles. The second-order valence-electron chi connectivity index (χ2n) is 6.81. The predicted octanol–water partition coefficient (Wildman–Crippen LogP) is 4.60. The summed E-state index contributed by atoms with van der Waals surface area (Å²) >= 11 is 8.07. The first-order chi connectivity index (χ1) is 13.7. The van der Waals surface area contributed by atoms with Gasteiger partial charge in [-0.25, -0.2) is 0 Å². The van der Waals surface area contributed by atoms with E-state index < -0.39 is 0 Å². The SMILES string of the molecule is Br.O=C1COc2c(C3=CSC4=NCCN34)cc(Cl)cc2N1CCc1ccccc1. The zero-order valence-electron chi connectivity index (χ0n) is 15.5. The number of aliphatic imine (C=N–C) groups is 1. The standard InChI is InChI=1S/C21H18ClN3O2S.BrH/c22-15-10-16(18-13-28-21-23-7-9-25(18)21)20-17(11-15)24(19(26)12-27-20)8-6-14-4-2-1-3-5-14;/h1-5,10-11,13H,6-9,12H2;1H. The Morgan fingerprint density at radius 2 is 2.03 bits per heavy atom. The third-order valence-corrected chi connectivity index (χ3v) is 6.20. The van der Waals surface area contributed by atoms with E-state index in [1.807, 2.05) is 30.3 Å². The van der Waals surface area contributed by atoms with Crippen molar-refractivity contribution in [1.29, 1.82) is 0 Å². The van der Waals surface area contributed by atoms with E-state index in [4.69, 9.17) is 16.3 Å². The normalized spacial score (nSPS) is 17.2. The topological polar surface area (TPSA) is 45.1 Å². The Kier molecular flexibility index (Phi) is 5.90. The molecule has 5 rings (SSSR count). The lowest BCUT2D eigenvalue weighted by Gasteiger charge is -2.32. The summed E-state index contributed by atoms with van der Waals surface area (Å²) in [6, 6.07) is 13.9. The summed E-state index contributed by atoms with van der Waals surface area (Å²) in [5.41, 5.74) is 3.89. The van der Waals surface area contributed by atoms with Crippen LogP contribution in [0.5, 0.6) is 5.75 Å². The van der Waals surface area contributed by atoms with Gasteiger partial charge in [-0.15, -0.1) is 17.0 Å². The molecule has 2 aromatic carbocycles. The molecule has 0 fully saturated rings. The van der Waals surface area contributed by atoms with E-state index in [1.165, 1.54) is 5.56 Å². The minimum absolute atomic E-state index is 0. The van der Waals surface area contributed by atoms with E-state index in [1.54, 1.807) is 16.7 Å². The summed E-state index contributed by atoms with van der Waals surface area (Å²) in [7, 11) is 0. The number of hydrogen-bond donors (Lipinski definition) is 0. The lowest BCUT2D eigenvalue weighted by molar-refractivity contribution is -0.121. The highest BCUT2D eigenvalue weighted by Crippen LogP contribution is 2.45. The molecule has 29 heavy (non-hydrogen) atoms. The lowest BCUT2D eigenvalue weighted by Crippen LogP contribution is -2.40. The van der Waals surface area contributed by atoms with Crippen molar-refractivity contribution in [3.63, 3.8) is 0 Å². The first kappa shape index (κ1) is 20.3. The van der Waals surface area contributed by atoms with Crippen LogP contribution in [0.4, 0.5) is 5.69 Å². The maximum atomic E-state index is 12.6. The number of hydrogen-bond acceptors (Lipinski definition) is 5. The summed E-state index contributed by atoms with van der Waals surface area (Å²) < 4.78 is 5.90. The maximum Gasteiger partial charge on any atom is 0.265 e. The minimum atomic E-state index is -0.0464. The van der Waals surface area contributed by atoms with Gasteiger partial charge in [-0.3, -0.25) is 9.79 Å². The fourth-order valence-electron chi connectivity index (χ4n) is 3.73. The van der Waals surface area contributed by atoms with E-state index in [-0.39, 0.29) is 29.5 Å². The molecule has 0 N–H and O–H groups in total.